The van der Waals surface area contributed by atoms with E-state index in [1.807, 2.05) is 30.3 Å². The summed E-state index contributed by atoms with van der Waals surface area (Å²) in [6.45, 7) is 2.10. The van der Waals surface area contributed by atoms with E-state index < -0.39 is 6.10 Å². The predicted molar refractivity (Wildman–Crippen MR) is 78.4 cm³/mol. The van der Waals surface area contributed by atoms with Gasteiger partial charge in [0.1, 0.15) is 0 Å². The molecular weight excluding hydrogens is 284 g/mol. The molecule has 96 valence electrons. The molecule has 2 aromatic rings. The van der Waals surface area contributed by atoms with E-state index in [0.29, 0.717) is 5.75 Å². The standard InChI is InChI=1S/C12H14N2OS3/c1-2-16-11-13-14-12(18-11)17-8-10(15)9-6-4-3-5-7-9/h3-7,10,15H,2,8H2,1H3. The third-order valence-electron chi connectivity index (χ3n) is 2.20. The second-order valence-corrected chi connectivity index (χ2v) is 7.26. The van der Waals surface area contributed by atoms with Crippen LogP contribution in [0.25, 0.3) is 0 Å². The molecule has 0 radical (unpaired) electrons. The van der Waals surface area contributed by atoms with Gasteiger partial charge in [-0.25, -0.2) is 0 Å². The lowest BCUT2D eigenvalue weighted by Gasteiger charge is -2.08. The number of hydrogen-bond acceptors (Lipinski definition) is 6. The van der Waals surface area contributed by atoms with Gasteiger partial charge in [-0.3, -0.25) is 0 Å². The number of thioether (sulfide) groups is 2. The number of benzene rings is 1. The van der Waals surface area contributed by atoms with Crippen LogP contribution in [0.3, 0.4) is 0 Å². The van der Waals surface area contributed by atoms with Crippen LogP contribution in [0.4, 0.5) is 0 Å². The second-order valence-electron chi connectivity index (χ2n) is 3.50. The van der Waals surface area contributed by atoms with Crippen LogP contribution in [0.5, 0.6) is 0 Å². The van der Waals surface area contributed by atoms with Crippen molar-refractivity contribution in [1.29, 1.82) is 0 Å². The Morgan fingerprint density at radius 2 is 1.83 bits per heavy atom. The van der Waals surface area contributed by atoms with Gasteiger partial charge in [-0.15, -0.1) is 10.2 Å². The molecule has 0 bridgehead atoms. The van der Waals surface area contributed by atoms with Crippen molar-refractivity contribution < 1.29 is 5.11 Å². The van der Waals surface area contributed by atoms with Crippen LogP contribution in [0.1, 0.15) is 18.6 Å². The first kappa shape index (κ1) is 13.9. The van der Waals surface area contributed by atoms with Gasteiger partial charge in [-0.2, -0.15) is 0 Å². The van der Waals surface area contributed by atoms with E-state index in [0.717, 1.165) is 20.0 Å². The van der Waals surface area contributed by atoms with E-state index >= 15 is 0 Å². The van der Waals surface area contributed by atoms with Gasteiger partial charge in [0.25, 0.3) is 0 Å². The number of aliphatic hydroxyl groups is 1. The summed E-state index contributed by atoms with van der Waals surface area (Å²) in [7, 11) is 0. The largest absolute Gasteiger partial charge is 0.388 e. The Balaban J connectivity index is 1.87. The Kier molecular flexibility index (Phi) is 5.49. The van der Waals surface area contributed by atoms with Crippen LogP contribution in [-0.4, -0.2) is 26.8 Å². The van der Waals surface area contributed by atoms with Gasteiger partial charge in [0, 0.05) is 5.75 Å². The van der Waals surface area contributed by atoms with Crippen LogP contribution in [-0.2, 0) is 0 Å². The lowest BCUT2D eigenvalue weighted by Crippen LogP contribution is -1.99. The number of aliphatic hydroxyl groups excluding tert-OH is 1. The van der Waals surface area contributed by atoms with Crippen molar-refractivity contribution in [2.24, 2.45) is 0 Å². The summed E-state index contributed by atoms with van der Waals surface area (Å²) >= 11 is 4.83. The van der Waals surface area contributed by atoms with E-state index in [4.69, 9.17) is 0 Å². The highest BCUT2D eigenvalue weighted by molar-refractivity contribution is 8.03. The third kappa shape index (κ3) is 3.98. The van der Waals surface area contributed by atoms with Gasteiger partial charge in [-0.05, 0) is 11.3 Å². The Bertz CT molecular complexity index is 475. The van der Waals surface area contributed by atoms with Crippen molar-refractivity contribution in [2.45, 2.75) is 21.7 Å². The van der Waals surface area contributed by atoms with E-state index in [2.05, 4.69) is 17.1 Å². The molecule has 0 amide bonds. The Morgan fingerprint density at radius 1 is 1.17 bits per heavy atom. The number of hydrogen-bond donors (Lipinski definition) is 1. The molecule has 1 atom stereocenters. The van der Waals surface area contributed by atoms with Crippen LogP contribution in [0.15, 0.2) is 39.0 Å². The molecule has 0 spiro atoms. The minimum absolute atomic E-state index is 0.456. The van der Waals surface area contributed by atoms with E-state index in [9.17, 15) is 5.11 Å². The molecule has 1 unspecified atom stereocenters. The lowest BCUT2D eigenvalue weighted by atomic mass is 10.1. The number of aromatic nitrogens is 2. The van der Waals surface area contributed by atoms with Crippen LogP contribution < -0.4 is 0 Å². The van der Waals surface area contributed by atoms with Crippen molar-refractivity contribution >= 4 is 34.9 Å². The fourth-order valence-electron chi connectivity index (χ4n) is 1.36. The topological polar surface area (TPSA) is 46.0 Å². The average molecular weight is 298 g/mol. The summed E-state index contributed by atoms with van der Waals surface area (Å²) in [5.41, 5.74) is 0.942. The predicted octanol–water partition coefficient (Wildman–Crippen LogP) is 3.48. The third-order valence-corrected chi connectivity index (χ3v) is 5.35. The first-order chi connectivity index (χ1) is 8.79. The minimum Gasteiger partial charge on any atom is -0.388 e. The van der Waals surface area contributed by atoms with Gasteiger partial charge >= 0.3 is 0 Å². The normalized spacial score (nSPS) is 12.6. The zero-order valence-corrected chi connectivity index (χ0v) is 12.4. The summed E-state index contributed by atoms with van der Waals surface area (Å²) in [5, 5.41) is 18.2. The van der Waals surface area contributed by atoms with Crippen molar-refractivity contribution in [3.63, 3.8) is 0 Å². The summed E-state index contributed by atoms with van der Waals surface area (Å²) in [6, 6.07) is 9.68. The van der Waals surface area contributed by atoms with Gasteiger partial charge < -0.3 is 5.11 Å². The van der Waals surface area contributed by atoms with Crippen molar-refractivity contribution in [1.82, 2.24) is 10.2 Å². The maximum atomic E-state index is 10.0. The highest BCUT2D eigenvalue weighted by Crippen LogP contribution is 2.30. The molecule has 0 fully saturated rings. The Labute approximate surface area is 119 Å². The fraction of sp³-hybridized carbons (Fsp3) is 0.333. The van der Waals surface area contributed by atoms with E-state index in [1.165, 1.54) is 0 Å². The molecule has 0 aliphatic rings. The van der Waals surface area contributed by atoms with Crippen molar-refractivity contribution in [2.75, 3.05) is 11.5 Å². The lowest BCUT2D eigenvalue weighted by molar-refractivity contribution is 0.204. The van der Waals surface area contributed by atoms with Crippen molar-refractivity contribution in [3.8, 4) is 0 Å². The molecule has 1 N–H and O–H groups in total. The maximum Gasteiger partial charge on any atom is 0.175 e. The molecule has 0 saturated carbocycles. The summed E-state index contributed by atoms with van der Waals surface area (Å²) in [5.74, 6) is 1.61. The molecular formula is C12H14N2OS3. The summed E-state index contributed by atoms with van der Waals surface area (Å²) in [4.78, 5) is 0. The smallest absolute Gasteiger partial charge is 0.175 e. The molecule has 1 heterocycles. The highest BCUT2D eigenvalue weighted by atomic mass is 32.2. The molecule has 0 aliphatic heterocycles. The molecule has 0 aliphatic carbocycles. The van der Waals surface area contributed by atoms with E-state index in [1.54, 1.807) is 34.9 Å². The molecule has 6 heteroatoms. The first-order valence-corrected chi connectivity index (χ1v) is 8.40. The maximum absolute atomic E-state index is 10.0. The zero-order valence-electron chi connectivity index (χ0n) is 9.94. The van der Waals surface area contributed by atoms with Crippen LogP contribution in [0, 0.1) is 0 Å². The molecule has 18 heavy (non-hydrogen) atoms. The van der Waals surface area contributed by atoms with Gasteiger partial charge in [0.15, 0.2) is 8.68 Å². The SMILES string of the molecule is CCSc1nnc(SCC(O)c2ccccc2)s1. The Hall–Kier alpha value is -0.560. The summed E-state index contributed by atoms with van der Waals surface area (Å²) < 4.78 is 1.91. The fourth-order valence-corrected chi connectivity index (χ4v) is 4.27. The summed E-state index contributed by atoms with van der Waals surface area (Å²) in [6.07, 6.45) is -0.456. The Morgan fingerprint density at radius 3 is 2.50 bits per heavy atom. The number of rotatable bonds is 6. The zero-order chi connectivity index (χ0) is 12.8. The highest BCUT2D eigenvalue weighted by Gasteiger charge is 2.10. The molecule has 1 aromatic carbocycles. The first-order valence-electron chi connectivity index (χ1n) is 5.61. The quantitative estimate of drug-likeness (QED) is 0.827. The minimum atomic E-state index is -0.456. The molecule has 1 aromatic heterocycles. The van der Waals surface area contributed by atoms with E-state index in [-0.39, 0.29) is 0 Å². The average Bonchev–Trinajstić information content (AvgIpc) is 2.85. The van der Waals surface area contributed by atoms with Gasteiger partial charge in [0.05, 0.1) is 6.10 Å². The van der Waals surface area contributed by atoms with Gasteiger partial charge in [0.2, 0.25) is 0 Å². The molecule has 3 nitrogen and oxygen atoms in total. The molecule has 0 saturated heterocycles. The van der Waals surface area contributed by atoms with Crippen LogP contribution in [0.2, 0.25) is 0 Å². The number of nitrogens with zero attached hydrogens (tertiary/aromatic N) is 2. The monoisotopic (exact) mass is 298 g/mol. The van der Waals surface area contributed by atoms with Gasteiger partial charge in [-0.1, -0.05) is 72.1 Å². The van der Waals surface area contributed by atoms with Crippen molar-refractivity contribution in [3.05, 3.63) is 35.9 Å². The van der Waals surface area contributed by atoms with Crippen LogP contribution >= 0.6 is 34.9 Å². The second kappa shape index (κ2) is 7.13. The molecule has 2 rings (SSSR count).